The Hall–Kier alpha value is -2.21. The molecule has 0 aliphatic carbocycles. The number of aryl methyl sites for hydroxylation is 1. The van der Waals surface area contributed by atoms with Crippen LogP contribution in [0.2, 0.25) is 0 Å². The molecule has 1 atom stereocenters. The van der Waals surface area contributed by atoms with Crippen molar-refractivity contribution in [2.24, 2.45) is 0 Å². The van der Waals surface area contributed by atoms with Gasteiger partial charge in [-0.3, -0.25) is 9.78 Å². The number of rotatable bonds is 6. The molecule has 0 aliphatic heterocycles. The lowest BCUT2D eigenvalue weighted by molar-refractivity contribution is -0.131. The van der Waals surface area contributed by atoms with Crippen LogP contribution in [0.3, 0.4) is 0 Å². The van der Waals surface area contributed by atoms with Gasteiger partial charge < -0.3 is 4.90 Å². The van der Waals surface area contributed by atoms with Crippen molar-refractivity contribution in [3.05, 3.63) is 59.9 Å². The van der Waals surface area contributed by atoms with E-state index in [2.05, 4.69) is 4.98 Å². The third kappa shape index (κ3) is 4.64. The van der Waals surface area contributed by atoms with E-state index in [0.717, 1.165) is 11.1 Å². The van der Waals surface area contributed by atoms with Crippen molar-refractivity contribution >= 4 is 15.7 Å². The molecule has 0 radical (unpaired) electrons. The number of benzene rings is 1. The number of carbonyl (C=O) groups excluding carboxylic acids is 1. The van der Waals surface area contributed by atoms with Gasteiger partial charge in [0.15, 0.2) is 9.84 Å². The van der Waals surface area contributed by atoms with E-state index < -0.39 is 9.84 Å². The number of carbonyl (C=O) groups is 1. The number of aromatic nitrogens is 1. The second-order valence-electron chi connectivity index (χ2n) is 5.88. The van der Waals surface area contributed by atoms with Gasteiger partial charge in [0.2, 0.25) is 5.91 Å². The number of amides is 1. The Balaban J connectivity index is 2.00. The maximum atomic E-state index is 12.4. The topological polar surface area (TPSA) is 67.3 Å². The number of hydrogen-bond acceptors (Lipinski definition) is 4. The molecule has 6 heteroatoms. The molecule has 0 bridgehead atoms. The average molecular weight is 346 g/mol. The van der Waals surface area contributed by atoms with Crippen LogP contribution in [0, 0.1) is 0 Å². The van der Waals surface area contributed by atoms with E-state index in [1.165, 1.54) is 6.26 Å². The highest BCUT2D eigenvalue weighted by Crippen LogP contribution is 2.21. The van der Waals surface area contributed by atoms with Gasteiger partial charge in [0, 0.05) is 32.1 Å². The van der Waals surface area contributed by atoms with Gasteiger partial charge in [0.1, 0.15) is 0 Å². The highest BCUT2D eigenvalue weighted by molar-refractivity contribution is 7.90. The lowest BCUT2D eigenvalue weighted by atomic mass is 10.1. The maximum absolute atomic E-state index is 12.4. The van der Waals surface area contributed by atoms with Crippen LogP contribution in [0.15, 0.2) is 53.7 Å². The molecule has 128 valence electrons. The number of hydrogen-bond donors (Lipinski definition) is 0. The highest BCUT2D eigenvalue weighted by atomic mass is 32.2. The molecule has 0 N–H and O–H groups in total. The van der Waals surface area contributed by atoms with E-state index in [1.54, 1.807) is 48.6 Å². The van der Waals surface area contributed by atoms with E-state index in [9.17, 15) is 13.2 Å². The molecule has 1 heterocycles. The van der Waals surface area contributed by atoms with Gasteiger partial charge in [-0.05, 0) is 42.7 Å². The molecule has 5 nitrogen and oxygen atoms in total. The lowest BCUT2D eigenvalue weighted by Gasteiger charge is -2.25. The Kier molecular flexibility index (Phi) is 5.72. The number of nitrogens with zero attached hydrogens (tertiary/aromatic N) is 2. The summed E-state index contributed by atoms with van der Waals surface area (Å²) >= 11 is 0. The Morgan fingerprint density at radius 2 is 1.88 bits per heavy atom. The Morgan fingerprint density at radius 1 is 1.21 bits per heavy atom. The molecule has 0 aliphatic rings. The molecular formula is C18H22N2O3S. The van der Waals surface area contributed by atoms with E-state index >= 15 is 0 Å². The van der Waals surface area contributed by atoms with E-state index in [4.69, 9.17) is 0 Å². The quantitative estimate of drug-likeness (QED) is 0.806. The predicted octanol–water partition coefficient (Wildman–Crippen LogP) is 2.64. The van der Waals surface area contributed by atoms with Crippen molar-refractivity contribution in [3.8, 4) is 0 Å². The smallest absolute Gasteiger partial charge is 0.223 e. The zero-order valence-electron chi connectivity index (χ0n) is 14.1. The Morgan fingerprint density at radius 3 is 2.42 bits per heavy atom. The minimum Gasteiger partial charge on any atom is -0.339 e. The minimum atomic E-state index is -3.21. The molecule has 1 aromatic carbocycles. The van der Waals surface area contributed by atoms with E-state index in [0.29, 0.717) is 12.8 Å². The zero-order valence-corrected chi connectivity index (χ0v) is 15.0. The Bertz CT molecular complexity index is 787. The summed E-state index contributed by atoms with van der Waals surface area (Å²) in [4.78, 5) is 18.4. The molecular weight excluding hydrogens is 324 g/mol. The van der Waals surface area contributed by atoms with Gasteiger partial charge in [0.25, 0.3) is 0 Å². The molecule has 0 saturated carbocycles. The first-order valence-electron chi connectivity index (χ1n) is 7.73. The van der Waals surface area contributed by atoms with E-state index in [-0.39, 0.29) is 16.8 Å². The minimum absolute atomic E-state index is 0.0403. The highest BCUT2D eigenvalue weighted by Gasteiger charge is 2.18. The van der Waals surface area contributed by atoms with Gasteiger partial charge in [-0.2, -0.15) is 0 Å². The summed E-state index contributed by atoms with van der Waals surface area (Å²) in [6, 6.07) is 10.4. The van der Waals surface area contributed by atoms with Gasteiger partial charge >= 0.3 is 0 Å². The van der Waals surface area contributed by atoms with Crippen molar-refractivity contribution in [1.82, 2.24) is 9.88 Å². The summed E-state index contributed by atoms with van der Waals surface area (Å²) in [5.74, 6) is 0.0403. The standard InChI is InChI=1S/C18H22N2O3S/c1-14(16-7-9-17(10-8-16)24(3,22)23)20(2)18(21)11-6-15-5-4-12-19-13-15/h4-5,7-10,12-14H,6,11H2,1-3H3. The second-order valence-corrected chi connectivity index (χ2v) is 7.90. The predicted molar refractivity (Wildman–Crippen MR) is 93.3 cm³/mol. The van der Waals surface area contributed by atoms with Gasteiger partial charge in [0.05, 0.1) is 10.9 Å². The Labute approximate surface area is 143 Å². The van der Waals surface area contributed by atoms with Crippen LogP contribution in [0.25, 0.3) is 0 Å². The van der Waals surface area contributed by atoms with Crippen LogP contribution in [0.1, 0.15) is 30.5 Å². The first kappa shape index (κ1) is 18.1. The molecule has 0 fully saturated rings. The first-order valence-corrected chi connectivity index (χ1v) is 9.63. The van der Waals surface area contributed by atoms with Crippen molar-refractivity contribution < 1.29 is 13.2 Å². The van der Waals surface area contributed by atoms with Crippen LogP contribution in [0.5, 0.6) is 0 Å². The third-order valence-electron chi connectivity index (χ3n) is 4.12. The van der Waals surface area contributed by atoms with Gasteiger partial charge in [-0.15, -0.1) is 0 Å². The fourth-order valence-corrected chi connectivity index (χ4v) is 3.04. The SMILES string of the molecule is CC(c1ccc(S(C)(=O)=O)cc1)N(C)C(=O)CCc1cccnc1. The summed E-state index contributed by atoms with van der Waals surface area (Å²) in [6.45, 7) is 1.93. The fraction of sp³-hybridized carbons (Fsp3) is 0.333. The third-order valence-corrected chi connectivity index (χ3v) is 5.24. The molecule has 2 rings (SSSR count). The second kappa shape index (κ2) is 7.57. The lowest BCUT2D eigenvalue weighted by Crippen LogP contribution is -2.29. The summed E-state index contributed by atoms with van der Waals surface area (Å²) < 4.78 is 23.0. The first-order chi connectivity index (χ1) is 11.3. The van der Waals surface area contributed by atoms with Crippen molar-refractivity contribution in [2.45, 2.75) is 30.7 Å². The molecule has 1 amide bonds. The van der Waals surface area contributed by atoms with Crippen LogP contribution in [-0.2, 0) is 21.1 Å². The summed E-state index contributed by atoms with van der Waals surface area (Å²) in [5.41, 5.74) is 1.93. The van der Waals surface area contributed by atoms with Crippen LogP contribution in [-0.4, -0.2) is 37.5 Å². The van der Waals surface area contributed by atoms with Crippen molar-refractivity contribution in [1.29, 1.82) is 0 Å². The van der Waals surface area contributed by atoms with Crippen molar-refractivity contribution in [3.63, 3.8) is 0 Å². The molecule has 1 aromatic heterocycles. The van der Waals surface area contributed by atoms with Gasteiger partial charge in [-0.25, -0.2) is 8.42 Å². The van der Waals surface area contributed by atoms with Crippen LogP contribution < -0.4 is 0 Å². The summed E-state index contributed by atoms with van der Waals surface area (Å²) in [7, 11) is -1.44. The summed E-state index contributed by atoms with van der Waals surface area (Å²) in [5, 5.41) is 0. The van der Waals surface area contributed by atoms with E-state index in [1.807, 2.05) is 19.1 Å². The van der Waals surface area contributed by atoms with Crippen LogP contribution in [0.4, 0.5) is 0 Å². The molecule has 1 unspecified atom stereocenters. The summed E-state index contributed by atoms with van der Waals surface area (Å²) in [6.07, 6.45) is 5.71. The zero-order chi connectivity index (χ0) is 17.7. The molecule has 0 spiro atoms. The van der Waals surface area contributed by atoms with Crippen molar-refractivity contribution in [2.75, 3.05) is 13.3 Å². The fourth-order valence-electron chi connectivity index (χ4n) is 2.41. The van der Waals surface area contributed by atoms with Gasteiger partial charge in [-0.1, -0.05) is 18.2 Å². The normalized spacial score (nSPS) is 12.6. The maximum Gasteiger partial charge on any atom is 0.223 e. The largest absolute Gasteiger partial charge is 0.339 e. The monoisotopic (exact) mass is 346 g/mol. The molecule has 0 saturated heterocycles. The molecule has 2 aromatic rings. The van der Waals surface area contributed by atoms with Crippen LogP contribution >= 0.6 is 0 Å². The average Bonchev–Trinajstić information content (AvgIpc) is 2.58. The number of pyridine rings is 1. The number of sulfone groups is 1. The molecule has 24 heavy (non-hydrogen) atoms.